The predicted octanol–water partition coefficient (Wildman–Crippen LogP) is 2.98. The van der Waals surface area contributed by atoms with Gasteiger partial charge in [0.25, 0.3) is 0 Å². The van der Waals surface area contributed by atoms with Crippen LogP contribution in [0.25, 0.3) is 0 Å². The Morgan fingerprint density at radius 2 is 1.95 bits per heavy atom. The van der Waals surface area contributed by atoms with Crippen LogP contribution in [0.1, 0.15) is 37.3 Å². The minimum absolute atomic E-state index is 0.574. The van der Waals surface area contributed by atoms with Gasteiger partial charge in [-0.3, -0.25) is 4.90 Å². The first-order valence-corrected chi connectivity index (χ1v) is 8.20. The van der Waals surface area contributed by atoms with Crippen LogP contribution in [0.3, 0.4) is 0 Å². The molecule has 0 amide bonds. The van der Waals surface area contributed by atoms with Crippen LogP contribution in [-0.4, -0.2) is 36.1 Å². The molecule has 4 heteroatoms. The number of piperazine rings is 1. The average molecular weight is 324 g/mol. The summed E-state index contributed by atoms with van der Waals surface area (Å²) in [5.41, 5.74) is 1.40. The molecule has 1 aliphatic heterocycles. The summed E-state index contributed by atoms with van der Waals surface area (Å²) >= 11 is 3.44. The van der Waals surface area contributed by atoms with Crippen molar-refractivity contribution in [3.8, 4) is 0 Å². The Morgan fingerprint density at radius 1 is 1.21 bits per heavy atom. The highest BCUT2D eigenvalue weighted by Gasteiger charge is 2.31. The summed E-state index contributed by atoms with van der Waals surface area (Å²) in [5, 5.41) is 3.46. The molecule has 0 bridgehead atoms. The number of nitrogens with zero attached hydrogens (tertiary/aromatic N) is 2. The lowest BCUT2D eigenvalue weighted by molar-refractivity contribution is 0.125. The molecule has 0 radical (unpaired) electrons. The maximum absolute atomic E-state index is 4.44. The standard InChI is InChI=1S/C15H22BrN3/c16-14-6-5-13(11-18-14)15(12-3-1-2-4-12)19-9-7-17-8-10-19/h5-6,11-12,15,17H,1-4,7-10H2/t15-/m1/s1. The molecule has 2 aliphatic rings. The largest absolute Gasteiger partial charge is 0.314 e. The van der Waals surface area contributed by atoms with E-state index in [1.165, 1.54) is 31.2 Å². The number of pyridine rings is 1. The molecule has 1 aromatic heterocycles. The summed E-state index contributed by atoms with van der Waals surface area (Å²) in [6, 6.07) is 4.91. The maximum atomic E-state index is 4.44. The lowest BCUT2D eigenvalue weighted by atomic mass is 9.90. The lowest BCUT2D eigenvalue weighted by Gasteiger charge is -2.38. The molecule has 1 aliphatic carbocycles. The first-order valence-electron chi connectivity index (χ1n) is 7.41. The van der Waals surface area contributed by atoms with Crippen LogP contribution in [-0.2, 0) is 0 Å². The molecule has 104 valence electrons. The Labute approximate surface area is 123 Å². The summed E-state index contributed by atoms with van der Waals surface area (Å²) in [6.45, 7) is 4.56. The van der Waals surface area contributed by atoms with Gasteiger partial charge < -0.3 is 5.32 Å². The van der Waals surface area contributed by atoms with Crippen molar-refractivity contribution in [2.24, 2.45) is 5.92 Å². The van der Waals surface area contributed by atoms with Crippen LogP contribution in [0.2, 0.25) is 0 Å². The zero-order valence-corrected chi connectivity index (χ0v) is 12.9. The van der Waals surface area contributed by atoms with Gasteiger partial charge in [0.2, 0.25) is 0 Å². The van der Waals surface area contributed by atoms with Crippen LogP contribution in [0.4, 0.5) is 0 Å². The second-order valence-electron chi connectivity index (χ2n) is 5.69. The summed E-state index contributed by atoms with van der Waals surface area (Å²) in [6.07, 6.45) is 7.62. The molecule has 1 saturated heterocycles. The number of hydrogen-bond acceptors (Lipinski definition) is 3. The molecular formula is C15H22BrN3. The summed E-state index contributed by atoms with van der Waals surface area (Å²) in [7, 11) is 0. The smallest absolute Gasteiger partial charge is 0.106 e. The minimum Gasteiger partial charge on any atom is -0.314 e. The Hall–Kier alpha value is -0.450. The fourth-order valence-corrected chi connectivity index (χ4v) is 3.81. The number of halogens is 1. The van der Waals surface area contributed by atoms with E-state index >= 15 is 0 Å². The molecule has 1 atom stereocenters. The van der Waals surface area contributed by atoms with Crippen molar-refractivity contribution in [1.82, 2.24) is 15.2 Å². The third kappa shape index (κ3) is 3.18. The minimum atomic E-state index is 0.574. The Morgan fingerprint density at radius 3 is 2.58 bits per heavy atom. The van der Waals surface area contributed by atoms with E-state index in [2.05, 4.69) is 49.5 Å². The predicted molar refractivity (Wildman–Crippen MR) is 81.1 cm³/mol. The molecule has 0 spiro atoms. The van der Waals surface area contributed by atoms with E-state index in [1.54, 1.807) is 0 Å². The van der Waals surface area contributed by atoms with Crippen LogP contribution in [0.5, 0.6) is 0 Å². The molecule has 3 nitrogen and oxygen atoms in total. The fraction of sp³-hybridized carbons (Fsp3) is 0.667. The number of hydrogen-bond donors (Lipinski definition) is 1. The molecule has 2 fully saturated rings. The first-order chi connectivity index (χ1) is 9.34. The van der Waals surface area contributed by atoms with E-state index in [-0.39, 0.29) is 0 Å². The molecule has 3 rings (SSSR count). The number of aromatic nitrogens is 1. The Balaban J connectivity index is 1.83. The highest BCUT2D eigenvalue weighted by Crippen LogP contribution is 2.39. The second-order valence-corrected chi connectivity index (χ2v) is 6.50. The second kappa shape index (κ2) is 6.33. The fourth-order valence-electron chi connectivity index (χ4n) is 3.58. The molecule has 1 aromatic rings. The van der Waals surface area contributed by atoms with Crippen LogP contribution >= 0.6 is 15.9 Å². The van der Waals surface area contributed by atoms with E-state index in [9.17, 15) is 0 Å². The monoisotopic (exact) mass is 323 g/mol. The van der Waals surface area contributed by atoms with Gasteiger partial charge in [0, 0.05) is 38.4 Å². The van der Waals surface area contributed by atoms with Gasteiger partial charge in [-0.05, 0) is 46.3 Å². The topological polar surface area (TPSA) is 28.2 Å². The van der Waals surface area contributed by atoms with E-state index in [0.29, 0.717) is 6.04 Å². The molecule has 0 aromatic carbocycles. The van der Waals surface area contributed by atoms with Crippen molar-refractivity contribution in [3.63, 3.8) is 0 Å². The van der Waals surface area contributed by atoms with Gasteiger partial charge in [0.1, 0.15) is 4.60 Å². The molecule has 19 heavy (non-hydrogen) atoms. The number of rotatable bonds is 3. The third-order valence-corrected chi connectivity index (χ3v) is 4.95. The van der Waals surface area contributed by atoms with Crippen molar-refractivity contribution in [1.29, 1.82) is 0 Å². The van der Waals surface area contributed by atoms with E-state index in [0.717, 1.165) is 36.7 Å². The highest BCUT2D eigenvalue weighted by atomic mass is 79.9. The summed E-state index contributed by atoms with van der Waals surface area (Å²) in [4.78, 5) is 7.10. The SMILES string of the molecule is Brc1ccc([C@@H](C2CCCC2)N2CCNCC2)cn1. The molecular weight excluding hydrogens is 302 g/mol. The molecule has 1 saturated carbocycles. The van der Waals surface area contributed by atoms with Gasteiger partial charge in [0.05, 0.1) is 0 Å². The highest BCUT2D eigenvalue weighted by molar-refractivity contribution is 9.10. The zero-order valence-electron chi connectivity index (χ0n) is 11.3. The van der Waals surface area contributed by atoms with Crippen LogP contribution < -0.4 is 5.32 Å². The molecule has 2 heterocycles. The van der Waals surface area contributed by atoms with Crippen LogP contribution in [0.15, 0.2) is 22.9 Å². The molecule has 0 unspecified atom stereocenters. The average Bonchev–Trinajstić information content (AvgIpc) is 2.96. The van der Waals surface area contributed by atoms with Crippen molar-refractivity contribution in [3.05, 3.63) is 28.5 Å². The van der Waals surface area contributed by atoms with E-state index in [1.807, 2.05) is 0 Å². The van der Waals surface area contributed by atoms with Crippen LogP contribution in [0, 0.1) is 5.92 Å². The zero-order chi connectivity index (χ0) is 13.1. The third-order valence-electron chi connectivity index (χ3n) is 4.48. The van der Waals surface area contributed by atoms with Gasteiger partial charge in [-0.15, -0.1) is 0 Å². The Kier molecular flexibility index (Phi) is 4.51. The molecule has 1 N–H and O–H groups in total. The first kappa shape index (κ1) is 13.5. The summed E-state index contributed by atoms with van der Waals surface area (Å²) < 4.78 is 0.932. The van der Waals surface area contributed by atoms with Crippen molar-refractivity contribution < 1.29 is 0 Å². The lowest BCUT2D eigenvalue weighted by Crippen LogP contribution is -2.46. The van der Waals surface area contributed by atoms with Crippen molar-refractivity contribution >= 4 is 15.9 Å². The van der Waals surface area contributed by atoms with Gasteiger partial charge in [-0.2, -0.15) is 0 Å². The Bertz CT molecular complexity index is 394. The van der Waals surface area contributed by atoms with Crippen molar-refractivity contribution in [2.45, 2.75) is 31.7 Å². The van der Waals surface area contributed by atoms with Gasteiger partial charge >= 0.3 is 0 Å². The van der Waals surface area contributed by atoms with Gasteiger partial charge in [-0.25, -0.2) is 4.98 Å². The van der Waals surface area contributed by atoms with E-state index in [4.69, 9.17) is 0 Å². The number of nitrogens with one attached hydrogen (secondary N) is 1. The van der Waals surface area contributed by atoms with Gasteiger partial charge in [-0.1, -0.05) is 18.9 Å². The van der Waals surface area contributed by atoms with Crippen molar-refractivity contribution in [2.75, 3.05) is 26.2 Å². The van der Waals surface area contributed by atoms with E-state index < -0.39 is 0 Å². The quantitative estimate of drug-likeness (QED) is 0.867. The van der Waals surface area contributed by atoms with Gasteiger partial charge in [0.15, 0.2) is 0 Å². The normalized spacial score (nSPS) is 23.6. The summed E-state index contributed by atoms with van der Waals surface area (Å²) in [5.74, 6) is 0.820. The maximum Gasteiger partial charge on any atom is 0.106 e.